The molecule has 2 bridgehead atoms. The number of carbonyl (C=O) groups excluding carboxylic acids is 2. The van der Waals surface area contributed by atoms with Gasteiger partial charge in [0, 0.05) is 16.0 Å². The number of rotatable bonds is 3. The molecule has 1 N–H and O–H groups in total. The Balaban J connectivity index is 1.18. The molecule has 2 saturated carbocycles. The zero-order valence-corrected chi connectivity index (χ0v) is 23.5. The standard InChI is InChI=1S/C32H23F3N2O3S2/c33-32(34,35)18-7-4-8-19(13-18)37-29(38)24-20-14-21(25(24)30(37)39)26-23(20)22(27-28(41-26)36-31(40)42-27)17-11-9-16(10-12-17)15-5-2-1-3-6-15/h1-13,20-26H,14H2,(H,36,40)/t20-,21-,22+,23+,24+,25+,26-/m1/s1. The van der Waals surface area contributed by atoms with Crippen molar-refractivity contribution in [1.82, 2.24) is 4.98 Å². The van der Waals surface area contributed by atoms with Crippen LogP contribution in [0.25, 0.3) is 11.1 Å². The zero-order chi connectivity index (χ0) is 28.9. The van der Waals surface area contributed by atoms with Crippen LogP contribution in [0.2, 0.25) is 0 Å². The van der Waals surface area contributed by atoms with Crippen LogP contribution in [0.15, 0.2) is 88.7 Å². The van der Waals surface area contributed by atoms with Gasteiger partial charge >= 0.3 is 11.0 Å². The molecule has 42 heavy (non-hydrogen) atoms. The average molecular weight is 605 g/mol. The molecule has 4 aromatic rings. The summed E-state index contributed by atoms with van der Waals surface area (Å²) in [5.74, 6) is -2.31. The number of carbonyl (C=O) groups is 2. The number of aromatic amines is 1. The van der Waals surface area contributed by atoms with E-state index in [0.29, 0.717) is 6.42 Å². The summed E-state index contributed by atoms with van der Waals surface area (Å²) in [6.45, 7) is 0. The SMILES string of the molecule is O=C1[C@H]2[C@H]3C[C@@H]([C@@H]2C(=O)N1c1cccc(C(F)(F)F)c1)[C@H]1[C@H](c2ccc(-c4ccccc4)cc2)c2sc(=O)[nH]c2S[C@H]31. The summed E-state index contributed by atoms with van der Waals surface area (Å²) in [6.07, 6.45) is -3.87. The minimum absolute atomic E-state index is 0.00556. The number of hydrogen-bond donors (Lipinski definition) is 1. The van der Waals surface area contributed by atoms with Crippen molar-refractivity contribution in [2.45, 2.75) is 28.8 Å². The second-order valence-corrected chi connectivity index (χ2v) is 13.7. The van der Waals surface area contributed by atoms with Gasteiger partial charge in [0.1, 0.15) is 0 Å². The Morgan fingerprint density at radius 2 is 1.50 bits per heavy atom. The van der Waals surface area contributed by atoms with Crippen molar-refractivity contribution in [2.75, 3.05) is 4.90 Å². The highest BCUT2D eigenvalue weighted by molar-refractivity contribution is 8.00. The number of thioether (sulfide) groups is 1. The van der Waals surface area contributed by atoms with Gasteiger partial charge in [0.15, 0.2) is 0 Å². The van der Waals surface area contributed by atoms with Crippen molar-refractivity contribution in [3.63, 3.8) is 0 Å². The molecule has 3 heterocycles. The largest absolute Gasteiger partial charge is 0.416 e. The van der Waals surface area contributed by atoms with E-state index < -0.39 is 35.4 Å². The van der Waals surface area contributed by atoms with Crippen molar-refractivity contribution in [3.8, 4) is 11.1 Å². The maximum absolute atomic E-state index is 13.9. The minimum atomic E-state index is -4.58. The fourth-order valence-corrected chi connectivity index (χ4v) is 10.9. The summed E-state index contributed by atoms with van der Waals surface area (Å²) in [4.78, 5) is 45.0. The number of thiazole rings is 1. The van der Waals surface area contributed by atoms with E-state index in [-0.39, 0.29) is 39.5 Å². The number of nitrogens with zero attached hydrogens (tertiary/aromatic N) is 1. The molecule has 0 radical (unpaired) electrons. The van der Waals surface area contributed by atoms with Gasteiger partial charge in [-0.05, 0) is 59.1 Å². The van der Waals surface area contributed by atoms with E-state index >= 15 is 0 Å². The van der Waals surface area contributed by atoms with Crippen LogP contribution in [0.5, 0.6) is 0 Å². The molecule has 3 aromatic carbocycles. The zero-order valence-electron chi connectivity index (χ0n) is 21.9. The third kappa shape index (κ3) is 3.74. The molecule has 10 heteroatoms. The van der Waals surface area contributed by atoms with Gasteiger partial charge in [-0.25, -0.2) is 0 Å². The first-order valence-corrected chi connectivity index (χ1v) is 15.5. The Hall–Kier alpha value is -3.63. The van der Waals surface area contributed by atoms with Gasteiger partial charge in [-0.2, -0.15) is 13.2 Å². The average Bonchev–Trinajstić information content (AvgIpc) is 3.72. The van der Waals surface area contributed by atoms with E-state index in [9.17, 15) is 27.6 Å². The highest BCUT2D eigenvalue weighted by Crippen LogP contribution is 2.68. The van der Waals surface area contributed by atoms with E-state index in [1.807, 2.05) is 30.3 Å². The molecular formula is C32H23F3N2O3S2. The summed E-state index contributed by atoms with van der Waals surface area (Å²) in [6, 6.07) is 22.8. The summed E-state index contributed by atoms with van der Waals surface area (Å²) in [5.41, 5.74) is 2.31. The molecule has 1 saturated heterocycles. The van der Waals surface area contributed by atoms with Crippen molar-refractivity contribution >= 4 is 40.6 Å². The number of halogens is 3. The smallest absolute Gasteiger partial charge is 0.307 e. The van der Waals surface area contributed by atoms with E-state index in [4.69, 9.17) is 0 Å². The van der Waals surface area contributed by atoms with E-state index in [2.05, 4.69) is 29.2 Å². The molecule has 1 aromatic heterocycles. The predicted molar refractivity (Wildman–Crippen MR) is 154 cm³/mol. The number of H-pyrrole nitrogens is 1. The third-order valence-corrected chi connectivity index (χ3v) is 12.1. The monoisotopic (exact) mass is 604 g/mol. The Bertz CT molecular complexity index is 1800. The van der Waals surface area contributed by atoms with Gasteiger partial charge in [-0.15, -0.1) is 11.8 Å². The van der Waals surface area contributed by atoms with Gasteiger partial charge in [0.25, 0.3) is 0 Å². The number of nitrogens with one attached hydrogen (secondary N) is 1. The van der Waals surface area contributed by atoms with Crippen molar-refractivity contribution in [1.29, 1.82) is 0 Å². The number of hydrogen-bond acceptors (Lipinski definition) is 5. The van der Waals surface area contributed by atoms with Crippen molar-refractivity contribution < 1.29 is 22.8 Å². The molecule has 7 atom stereocenters. The molecule has 2 amide bonds. The van der Waals surface area contributed by atoms with Crippen LogP contribution in [-0.4, -0.2) is 22.0 Å². The molecule has 4 aliphatic rings. The number of benzene rings is 3. The number of amides is 2. The molecule has 3 fully saturated rings. The first kappa shape index (κ1) is 26.0. The third-order valence-electron chi connectivity index (χ3n) is 9.53. The lowest BCUT2D eigenvalue weighted by atomic mass is 9.68. The fraction of sp³-hybridized carbons (Fsp3) is 0.281. The van der Waals surface area contributed by atoms with Crippen LogP contribution in [-0.2, 0) is 15.8 Å². The van der Waals surface area contributed by atoms with E-state index in [0.717, 1.165) is 43.6 Å². The number of anilines is 1. The highest BCUT2D eigenvalue weighted by Gasteiger charge is 2.69. The number of alkyl halides is 3. The van der Waals surface area contributed by atoms with Gasteiger partial charge in [-0.1, -0.05) is 72.0 Å². The Labute approximate surface area is 246 Å². The Morgan fingerprint density at radius 1 is 0.810 bits per heavy atom. The first-order chi connectivity index (χ1) is 20.2. The minimum Gasteiger partial charge on any atom is -0.307 e. The van der Waals surface area contributed by atoms with Gasteiger partial charge in [0.05, 0.1) is 28.1 Å². The van der Waals surface area contributed by atoms with Crippen LogP contribution in [0.3, 0.4) is 0 Å². The second-order valence-electron chi connectivity index (χ2n) is 11.5. The first-order valence-electron chi connectivity index (χ1n) is 13.8. The molecule has 0 unspecified atom stereocenters. The normalized spacial score (nSPS) is 29.5. The van der Waals surface area contributed by atoms with Crippen molar-refractivity contribution in [2.24, 2.45) is 29.6 Å². The fourth-order valence-electron chi connectivity index (χ4n) is 7.98. The van der Waals surface area contributed by atoms with Crippen LogP contribution >= 0.6 is 23.1 Å². The maximum Gasteiger partial charge on any atom is 0.416 e. The lowest BCUT2D eigenvalue weighted by Crippen LogP contribution is -2.42. The van der Waals surface area contributed by atoms with Gasteiger partial charge in [0.2, 0.25) is 11.8 Å². The summed E-state index contributed by atoms with van der Waals surface area (Å²) in [7, 11) is 0. The summed E-state index contributed by atoms with van der Waals surface area (Å²) < 4.78 is 40.4. The molecule has 0 spiro atoms. The van der Waals surface area contributed by atoms with E-state index in [1.54, 1.807) is 11.8 Å². The van der Waals surface area contributed by atoms with Crippen LogP contribution in [0.1, 0.15) is 28.3 Å². The number of imide groups is 1. The molecular weight excluding hydrogens is 581 g/mol. The number of aromatic nitrogens is 1. The summed E-state index contributed by atoms with van der Waals surface area (Å²) in [5, 5.41) is 0.824. The van der Waals surface area contributed by atoms with Gasteiger partial charge in [-0.3, -0.25) is 19.3 Å². The Kier molecular flexibility index (Phi) is 5.69. The van der Waals surface area contributed by atoms with Gasteiger partial charge < -0.3 is 4.98 Å². The van der Waals surface area contributed by atoms with Crippen LogP contribution in [0.4, 0.5) is 18.9 Å². The number of fused-ring (bicyclic) bond motifs is 9. The molecule has 5 nitrogen and oxygen atoms in total. The molecule has 2 aliphatic carbocycles. The quantitative estimate of drug-likeness (QED) is 0.261. The molecule has 212 valence electrons. The molecule has 2 aliphatic heterocycles. The topological polar surface area (TPSA) is 70.2 Å². The Morgan fingerprint density at radius 3 is 2.21 bits per heavy atom. The lowest BCUT2D eigenvalue weighted by Gasteiger charge is -2.43. The van der Waals surface area contributed by atoms with Crippen LogP contribution in [0, 0.1) is 29.6 Å². The second kappa shape index (κ2) is 9.18. The van der Waals surface area contributed by atoms with Crippen molar-refractivity contribution in [3.05, 3.63) is 105 Å². The van der Waals surface area contributed by atoms with Crippen LogP contribution < -0.4 is 9.77 Å². The summed E-state index contributed by atoms with van der Waals surface area (Å²) >= 11 is 2.79. The predicted octanol–water partition coefficient (Wildman–Crippen LogP) is 6.80. The van der Waals surface area contributed by atoms with E-state index in [1.165, 1.54) is 23.5 Å². The maximum atomic E-state index is 13.9. The lowest BCUT2D eigenvalue weighted by molar-refractivity contribution is -0.137. The highest BCUT2D eigenvalue weighted by atomic mass is 32.2. The molecule has 8 rings (SSSR count).